The van der Waals surface area contributed by atoms with Crippen molar-refractivity contribution >= 4 is 29.1 Å². The number of hydrogen-bond donors (Lipinski definition) is 1. The molecule has 0 fully saturated rings. The molecule has 0 aliphatic heterocycles. The molecular formula is C16H23Cl2NO. The first-order valence-corrected chi connectivity index (χ1v) is 8.14. The Labute approximate surface area is 131 Å². The molecule has 0 aliphatic rings. The van der Waals surface area contributed by atoms with Crippen LogP contribution >= 0.6 is 23.2 Å². The summed E-state index contributed by atoms with van der Waals surface area (Å²) < 4.78 is 0. The van der Waals surface area contributed by atoms with Gasteiger partial charge in [0.1, 0.15) is 0 Å². The summed E-state index contributed by atoms with van der Waals surface area (Å²) in [5.74, 6) is -0.0884. The Balaban J connectivity index is 2.15. The average Bonchev–Trinajstić information content (AvgIpc) is 2.44. The molecule has 112 valence electrons. The van der Waals surface area contributed by atoms with Crippen LogP contribution in [0.4, 0.5) is 0 Å². The van der Waals surface area contributed by atoms with Gasteiger partial charge >= 0.3 is 0 Å². The second kappa shape index (κ2) is 10.1. The first kappa shape index (κ1) is 17.3. The lowest BCUT2D eigenvalue weighted by atomic mass is 10.1. The van der Waals surface area contributed by atoms with E-state index in [9.17, 15) is 4.79 Å². The predicted molar refractivity (Wildman–Crippen MR) is 86.8 cm³/mol. The molecule has 1 aromatic rings. The Kier molecular flexibility index (Phi) is 8.72. The Hall–Kier alpha value is -0.730. The van der Waals surface area contributed by atoms with Crippen LogP contribution in [-0.4, -0.2) is 12.5 Å². The van der Waals surface area contributed by atoms with Gasteiger partial charge in [-0.3, -0.25) is 4.79 Å². The van der Waals surface area contributed by atoms with Crippen molar-refractivity contribution in [2.75, 3.05) is 6.54 Å². The van der Waals surface area contributed by atoms with E-state index in [4.69, 9.17) is 23.2 Å². The topological polar surface area (TPSA) is 29.1 Å². The van der Waals surface area contributed by atoms with Crippen molar-refractivity contribution < 1.29 is 4.79 Å². The standard InChI is InChI=1S/C16H23Cl2NO/c1-2-3-4-5-6-7-8-11-19-16(20)13-9-10-14(17)15(18)12-13/h9-10,12H,2-8,11H2,1H3,(H,19,20). The summed E-state index contributed by atoms with van der Waals surface area (Å²) in [5, 5.41) is 3.79. The van der Waals surface area contributed by atoms with Crippen LogP contribution in [-0.2, 0) is 0 Å². The highest BCUT2D eigenvalue weighted by Crippen LogP contribution is 2.22. The molecule has 0 bridgehead atoms. The number of nitrogens with one attached hydrogen (secondary N) is 1. The van der Waals surface area contributed by atoms with Gasteiger partial charge in [0, 0.05) is 12.1 Å². The SMILES string of the molecule is CCCCCCCCCNC(=O)c1ccc(Cl)c(Cl)c1. The molecule has 1 amide bonds. The number of amides is 1. The van der Waals surface area contributed by atoms with Gasteiger partial charge in [-0.1, -0.05) is 68.7 Å². The zero-order chi connectivity index (χ0) is 14.8. The third kappa shape index (κ3) is 6.62. The minimum absolute atomic E-state index is 0.0884. The molecule has 1 N–H and O–H groups in total. The van der Waals surface area contributed by atoms with E-state index >= 15 is 0 Å². The summed E-state index contributed by atoms with van der Waals surface area (Å²) >= 11 is 11.7. The van der Waals surface area contributed by atoms with Gasteiger partial charge in [0.05, 0.1) is 10.0 Å². The lowest BCUT2D eigenvalue weighted by Crippen LogP contribution is -2.24. The summed E-state index contributed by atoms with van der Waals surface area (Å²) in [4.78, 5) is 11.9. The van der Waals surface area contributed by atoms with Crippen molar-refractivity contribution in [2.45, 2.75) is 51.9 Å². The summed E-state index contributed by atoms with van der Waals surface area (Å²) in [7, 11) is 0. The molecule has 0 saturated carbocycles. The van der Waals surface area contributed by atoms with Crippen molar-refractivity contribution in [1.82, 2.24) is 5.32 Å². The lowest BCUT2D eigenvalue weighted by molar-refractivity contribution is 0.0953. The molecule has 0 atom stereocenters. The molecule has 0 aliphatic carbocycles. The summed E-state index contributed by atoms with van der Waals surface area (Å²) in [6, 6.07) is 4.94. The van der Waals surface area contributed by atoms with Crippen molar-refractivity contribution in [3.63, 3.8) is 0 Å². The molecule has 0 unspecified atom stereocenters. The molecule has 0 spiro atoms. The van der Waals surface area contributed by atoms with Gasteiger partial charge in [0.15, 0.2) is 0 Å². The van der Waals surface area contributed by atoms with E-state index < -0.39 is 0 Å². The van der Waals surface area contributed by atoms with Crippen LogP contribution in [0.2, 0.25) is 10.0 Å². The van der Waals surface area contributed by atoms with E-state index in [1.54, 1.807) is 18.2 Å². The van der Waals surface area contributed by atoms with Gasteiger partial charge in [-0.05, 0) is 24.6 Å². The van der Waals surface area contributed by atoms with Gasteiger partial charge in [0.25, 0.3) is 5.91 Å². The highest BCUT2D eigenvalue weighted by molar-refractivity contribution is 6.42. The van der Waals surface area contributed by atoms with Crippen LogP contribution in [0.3, 0.4) is 0 Å². The van der Waals surface area contributed by atoms with Crippen molar-refractivity contribution in [3.05, 3.63) is 33.8 Å². The number of carbonyl (C=O) groups excluding carboxylic acids is 1. The van der Waals surface area contributed by atoms with Gasteiger partial charge in [-0.15, -0.1) is 0 Å². The lowest BCUT2D eigenvalue weighted by Gasteiger charge is -2.06. The highest BCUT2D eigenvalue weighted by Gasteiger charge is 2.07. The molecule has 20 heavy (non-hydrogen) atoms. The van der Waals surface area contributed by atoms with Gasteiger partial charge in [-0.25, -0.2) is 0 Å². The van der Waals surface area contributed by atoms with E-state index in [0.29, 0.717) is 22.2 Å². The van der Waals surface area contributed by atoms with Gasteiger partial charge < -0.3 is 5.32 Å². The Bertz CT molecular complexity index is 421. The van der Waals surface area contributed by atoms with Crippen LogP contribution in [0.15, 0.2) is 18.2 Å². The Morgan fingerprint density at radius 3 is 2.30 bits per heavy atom. The molecule has 0 aromatic heterocycles. The van der Waals surface area contributed by atoms with Crippen LogP contribution in [0.1, 0.15) is 62.2 Å². The summed E-state index contributed by atoms with van der Waals surface area (Å²) in [6.07, 6.45) is 8.68. The Morgan fingerprint density at radius 1 is 1.00 bits per heavy atom. The number of hydrogen-bond acceptors (Lipinski definition) is 1. The second-order valence-corrected chi connectivity index (χ2v) is 5.82. The first-order valence-electron chi connectivity index (χ1n) is 7.38. The fraction of sp³-hybridized carbons (Fsp3) is 0.562. The van der Waals surface area contributed by atoms with Crippen LogP contribution < -0.4 is 5.32 Å². The maximum atomic E-state index is 11.9. The van der Waals surface area contributed by atoms with Crippen molar-refractivity contribution in [2.24, 2.45) is 0 Å². The van der Waals surface area contributed by atoms with Crippen LogP contribution in [0.5, 0.6) is 0 Å². The number of benzene rings is 1. The second-order valence-electron chi connectivity index (χ2n) is 5.01. The molecular weight excluding hydrogens is 293 g/mol. The summed E-state index contributed by atoms with van der Waals surface area (Å²) in [5.41, 5.74) is 0.558. The smallest absolute Gasteiger partial charge is 0.251 e. The number of unbranched alkanes of at least 4 members (excludes halogenated alkanes) is 6. The zero-order valence-electron chi connectivity index (χ0n) is 12.1. The molecule has 4 heteroatoms. The zero-order valence-corrected chi connectivity index (χ0v) is 13.6. The third-order valence-electron chi connectivity index (χ3n) is 3.25. The van der Waals surface area contributed by atoms with Crippen molar-refractivity contribution in [1.29, 1.82) is 0 Å². The molecule has 0 saturated heterocycles. The maximum absolute atomic E-state index is 11.9. The number of halogens is 2. The van der Waals surface area contributed by atoms with Gasteiger partial charge in [0.2, 0.25) is 0 Å². The van der Waals surface area contributed by atoms with E-state index in [1.165, 1.54) is 38.5 Å². The van der Waals surface area contributed by atoms with E-state index in [0.717, 1.165) is 6.42 Å². The van der Waals surface area contributed by atoms with E-state index in [-0.39, 0.29) is 5.91 Å². The Morgan fingerprint density at radius 2 is 1.65 bits per heavy atom. The molecule has 0 radical (unpaired) electrons. The predicted octanol–water partition coefficient (Wildman–Crippen LogP) is 5.47. The minimum Gasteiger partial charge on any atom is -0.352 e. The average molecular weight is 316 g/mol. The van der Waals surface area contributed by atoms with Crippen molar-refractivity contribution in [3.8, 4) is 0 Å². The molecule has 1 rings (SSSR count). The monoisotopic (exact) mass is 315 g/mol. The molecule has 2 nitrogen and oxygen atoms in total. The van der Waals surface area contributed by atoms with Crippen LogP contribution in [0.25, 0.3) is 0 Å². The normalized spacial score (nSPS) is 10.6. The largest absolute Gasteiger partial charge is 0.352 e. The fourth-order valence-corrected chi connectivity index (χ4v) is 2.32. The highest BCUT2D eigenvalue weighted by atomic mass is 35.5. The first-order chi connectivity index (χ1) is 9.65. The minimum atomic E-state index is -0.0884. The molecule has 0 heterocycles. The van der Waals surface area contributed by atoms with E-state index in [1.807, 2.05) is 0 Å². The summed E-state index contributed by atoms with van der Waals surface area (Å²) in [6.45, 7) is 2.94. The number of rotatable bonds is 9. The van der Waals surface area contributed by atoms with Crippen LogP contribution in [0, 0.1) is 0 Å². The quantitative estimate of drug-likeness (QED) is 0.601. The third-order valence-corrected chi connectivity index (χ3v) is 3.99. The fourth-order valence-electron chi connectivity index (χ4n) is 2.02. The van der Waals surface area contributed by atoms with E-state index in [2.05, 4.69) is 12.2 Å². The number of carbonyl (C=O) groups is 1. The maximum Gasteiger partial charge on any atom is 0.251 e. The van der Waals surface area contributed by atoms with Gasteiger partial charge in [-0.2, -0.15) is 0 Å². The molecule has 1 aromatic carbocycles.